The number of carbonyl (C=O) groups excluding carboxylic acids is 1. The molecular weight excluding hydrogens is 406 g/mol. The summed E-state index contributed by atoms with van der Waals surface area (Å²) in [5, 5.41) is 7.26. The van der Waals surface area contributed by atoms with Gasteiger partial charge in [-0.3, -0.25) is 9.69 Å². The number of pyridine rings is 1. The van der Waals surface area contributed by atoms with Crippen molar-refractivity contribution in [2.24, 2.45) is 0 Å². The number of aryl methyl sites for hydroxylation is 1. The highest BCUT2D eigenvalue weighted by molar-refractivity contribution is 5.94. The van der Waals surface area contributed by atoms with Gasteiger partial charge in [0, 0.05) is 44.1 Å². The number of amides is 1. The van der Waals surface area contributed by atoms with E-state index < -0.39 is 0 Å². The molecule has 3 aromatic heterocycles. The van der Waals surface area contributed by atoms with E-state index in [1.54, 1.807) is 12.3 Å². The molecule has 1 aliphatic rings. The molecule has 0 unspecified atom stereocenters. The molecule has 0 saturated carbocycles. The van der Waals surface area contributed by atoms with Crippen molar-refractivity contribution in [1.29, 1.82) is 0 Å². The first-order valence-corrected chi connectivity index (χ1v) is 10.8. The molecule has 1 amide bonds. The highest BCUT2D eigenvalue weighted by Gasteiger charge is 2.19. The predicted molar refractivity (Wildman–Crippen MR) is 120 cm³/mol. The van der Waals surface area contributed by atoms with Crippen LogP contribution in [0.5, 0.6) is 0 Å². The van der Waals surface area contributed by atoms with Gasteiger partial charge in [-0.15, -0.1) is 0 Å². The third-order valence-corrected chi connectivity index (χ3v) is 5.70. The van der Waals surface area contributed by atoms with Crippen LogP contribution in [0.3, 0.4) is 0 Å². The van der Waals surface area contributed by atoms with E-state index in [0.717, 1.165) is 61.0 Å². The molecule has 1 aliphatic heterocycles. The minimum absolute atomic E-state index is 0.0958. The zero-order valence-corrected chi connectivity index (χ0v) is 18.0. The van der Waals surface area contributed by atoms with E-state index in [1.165, 1.54) is 0 Å². The lowest BCUT2D eigenvalue weighted by atomic mass is 10.0. The van der Waals surface area contributed by atoms with Crippen LogP contribution < -0.4 is 5.32 Å². The highest BCUT2D eigenvalue weighted by atomic mass is 16.5. The summed E-state index contributed by atoms with van der Waals surface area (Å²) >= 11 is 0. The Morgan fingerprint density at radius 1 is 1.09 bits per heavy atom. The van der Waals surface area contributed by atoms with Crippen LogP contribution in [0.2, 0.25) is 0 Å². The SMILES string of the molecule is Cc1onc(-c2ccccc2)c1-c1cn2cc(C(=O)NCCN3CCOCC3)ccc2n1. The van der Waals surface area contributed by atoms with Gasteiger partial charge in [-0.1, -0.05) is 35.5 Å². The van der Waals surface area contributed by atoms with Crippen molar-refractivity contribution in [3.63, 3.8) is 0 Å². The Bertz CT molecular complexity index is 1230. The molecule has 0 bridgehead atoms. The Morgan fingerprint density at radius 3 is 2.72 bits per heavy atom. The second kappa shape index (κ2) is 8.94. The van der Waals surface area contributed by atoms with Crippen LogP contribution in [0, 0.1) is 6.92 Å². The molecule has 0 spiro atoms. The Balaban J connectivity index is 1.35. The van der Waals surface area contributed by atoms with Crippen LogP contribution >= 0.6 is 0 Å². The molecule has 8 nitrogen and oxygen atoms in total. The minimum atomic E-state index is -0.0958. The number of rotatable bonds is 6. The zero-order valence-electron chi connectivity index (χ0n) is 18.0. The molecule has 1 aromatic carbocycles. The Hall–Kier alpha value is -3.49. The fraction of sp³-hybridized carbons (Fsp3) is 0.292. The first kappa shape index (κ1) is 20.4. The van der Waals surface area contributed by atoms with Gasteiger partial charge in [-0.25, -0.2) is 4.98 Å². The molecule has 4 heterocycles. The number of nitrogens with one attached hydrogen (secondary N) is 1. The maximum Gasteiger partial charge on any atom is 0.252 e. The van der Waals surface area contributed by atoms with E-state index in [-0.39, 0.29) is 5.91 Å². The van der Waals surface area contributed by atoms with Crippen molar-refractivity contribution >= 4 is 11.6 Å². The number of fused-ring (bicyclic) bond motifs is 1. The molecule has 8 heteroatoms. The third kappa shape index (κ3) is 4.15. The maximum absolute atomic E-state index is 12.6. The molecule has 0 radical (unpaired) electrons. The standard InChI is InChI=1S/C24H25N5O3/c1-17-22(23(27-32-17)18-5-3-2-4-6-18)20-16-29-15-19(7-8-21(29)26-20)24(30)25-9-10-28-11-13-31-14-12-28/h2-8,15-16H,9-14H2,1H3,(H,25,30). The lowest BCUT2D eigenvalue weighted by molar-refractivity contribution is 0.0383. The van der Waals surface area contributed by atoms with Crippen LogP contribution in [0.1, 0.15) is 16.1 Å². The normalized spacial score (nSPS) is 14.7. The van der Waals surface area contributed by atoms with E-state index in [2.05, 4.69) is 15.4 Å². The minimum Gasteiger partial charge on any atom is -0.379 e. The monoisotopic (exact) mass is 431 g/mol. The lowest BCUT2D eigenvalue weighted by Gasteiger charge is -2.26. The molecule has 4 aromatic rings. The number of hydrogen-bond donors (Lipinski definition) is 1. The predicted octanol–water partition coefficient (Wildman–Crippen LogP) is 3.03. The van der Waals surface area contributed by atoms with Gasteiger partial charge in [0.25, 0.3) is 5.91 Å². The number of ether oxygens (including phenoxy) is 1. The van der Waals surface area contributed by atoms with E-state index in [9.17, 15) is 4.79 Å². The zero-order chi connectivity index (χ0) is 21.9. The molecule has 1 N–H and O–H groups in total. The summed E-state index contributed by atoms with van der Waals surface area (Å²) in [4.78, 5) is 19.7. The fourth-order valence-corrected chi connectivity index (χ4v) is 3.97. The van der Waals surface area contributed by atoms with Gasteiger partial charge >= 0.3 is 0 Å². The molecular formula is C24H25N5O3. The molecule has 1 saturated heterocycles. The van der Waals surface area contributed by atoms with Crippen LogP contribution in [0.15, 0.2) is 59.4 Å². The lowest BCUT2D eigenvalue weighted by Crippen LogP contribution is -2.41. The highest BCUT2D eigenvalue weighted by Crippen LogP contribution is 2.33. The molecule has 164 valence electrons. The van der Waals surface area contributed by atoms with Gasteiger partial charge in [-0.2, -0.15) is 0 Å². The number of carbonyl (C=O) groups is 1. The summed E-state index contributed by atoms with van der Waals surface area (Å²) in [6.07, 6.45) is 3.72. The topological polar surface area (TPSA) is 84.9 Å². The van der Waals surface area contributed by atoms with Gasteiger partial charge in [0.2, 0.25) is 0 Å². The number of imidazole rings is 1. The van der Waals surface area contributed by atoms with E-state index in [1.807, 2.05) is 53.9 Å². The van der Waals surface area contributed by atoms with Crippen LogP contribution in [0.4, 0.5) is 0 Å². The van der Waals surface area contributed by atoms with Gasteiger partial charge in [0.1, 0.15) is 17.1 Å². The van der Waals surface area contributed by atoms with Gasteiger partial charge in [0.15, 0.2) is 0 Å². The first-order valence-electron chi connectivity index (χ1n) is 10.8. The molecule has 5 rings (SSSR count). The van der Waals surface area contributed by atoms with E-state index >= 15 is 0 Å². The van der Waals surface area contributed by atoms with E-state index in [0.29, 0.717) is 17.9 Å². The molecule has 32 heavy (non-hydrogen) atoms. The summed E-state index contributed by atoms with van der Waals surface area (Å²) in [7, 11) is 0. The van der Waals surface area contributed by atoms with E-state index in [4.69, 9.17) is 14.2 Å². The van der Waals surface area contributed by atoms with Gasteiger partial charge < -0.3 is 19.0 Å². The Kier molecular flexibility index (Phi) is 5.70. The summed E-state index contributed by atoms with van der Waals surface area (Å²) in [5.41, 5.74) is 4.69. The molecule has 1 fully saturated rings. The number of morpholine rings is 1. The summed E-state index contributed by atoms with van der Waals surface area (Å²) in [6, 6.07) is 13.5. The second-order valence-electron chi connectivity index (χ2n) is 7.85. The second-order valence-corrected chi connectivity index (χ2v) is 7.85. The van der Waals surface area contributed by atoms with Crippen molar-refractivity contribution < 1.29 is 14.1 Å². The van der Waals surface area contributed by atoms with Crippen molar-refractivity contribution in [3.05, 3.63) is 66.2 Å². The maximum atomic E-state index is 12.6. The van der Waals surface area contributed by atoms with Crippen molar-refractivity contribution in [2.75, 3.05) is 39.4 Å². The summed E-state index contributed by atoms with van der Waals surface area (Å²) in [6.45, 7) is 6.64. The number of aromatic nitrogens is 3. The third-order valence-electron chi connectivity index (χ3n) is 5.70. The summed E-state index contributed by atoms with van der Waals surface area (Å²) < 4.78 is 12.7. The Morgan fingerprint density at radius 2 is 1.91 bits per heavy atom. The van der Waals surface area contributed by atoms with Gasteiger partial charge in [0.05, 0.1) is 30.0 Å². The Labute approximate surface area is 185 Å². The van der Waals surface area contributed by atoms with Crippen molar-refractivity contribution in [2.45, 2.75) is 6.92 Å². The quantitative estimate of drug-likeness (QED) is 0.505. The average Bonchev–Trinajstić information content (AvgIpc) is 3.42. The molecule has 0 aliphatic carbocycles. The first-order chi connectivity index (χ1) is 15.7. The smallest absolute Gasteiger partial charge is 0.252 e. The van der Waals surface area contributed by atoms with Crippen LogP contribution in [0.25, 0.3) is 28.2 Å². The van der Waals surface area contributed by atoms with Gasteiger partial charge in [-0.05, 0) is 19.1 Å². The fourth-order valence-electron chi connectivity index (χ4n) is 3.97. The van der Waals surface area contributed by atoms with Crippen LogP contribution in [-0.4, -0.2) is 64.7 Å². The summed E-state index contributed by atoms with van der Waals surface area (Å²) in [5.74, 6) is 0.606. The average molecular weight is 431 g/mol. The largest absolute Gasteiger partial charge is 0.379 e. The number of hydrogen-bond acceptors (Lipinski definition) is 6. The number of nitrogens with zero attached hydrogens (tertiary/aromatic N) is 4. The van der Waals surface area contributed by atoms with Crippen molar-refractivity contribution in [1.82, 2.24) is 24.8 Å². The van der Waals surface area contributed by atoms with Crippen molar-refractivity contribution in [3.8, 4) is 22.5 Å². The number of benzene rings is 1. The van der Waals surface area contributed by atoms with Crippen LogP contribution in [-0.2, 0) is 4.74 Å². The molecule has 0 atom stereocenters.